The fourth-order valence-corrected chi connectivity index (χ4v) is 3.46. The predicted octanol–water partition coefficient (Wildman–Crippen LogP) is 4.58. The first kappa shape index (κ1) is 21.2. The Morgan fingerprint density at radius 2 is 1.56 bits per heavy atom. The number of aryl methyl sites for hydroxylation is 1. The summed E-state index contributed by atoms with van der Waals surface area (Å²) >= 11 is 0. The van der Waals surface area contributed by atoms with Crippen LogP contribution in [-0.2, 0) is 11.2 Å². The predicted molar refractivity (Wildman–Crippen MR) is 129 cm³/mol. The van der Waals surface area contributed by atoms with Gasteiger partial charge in [-0.3, -0.25) is 4.79 Å². The minimum atomic E-state index is -0.115. The van der Waals surface area contributed by atoms with Crippen LogP contribution in [0.4, 0.5) is 28.8 Å². The number of carbonyl (C=O) groups excluding carboxylic acids is 1. The SMILES string of the molecule is Cc1ccnc(Nc2cc(Nc3ccc(NC(=O)Cc4ccc5c(c4)OCO5)cc3)ncn2)c1. The lowest BCUT2D eigenvalue weighted by molar-refractivity contribution is -0.115. The topological polar surface area (TPSA) is 110 Å². The molecule has 2 aromatic carbocycles. The smallest absolute Gasteiger partial charge is 0.231 e. The van der Waals surface area contributed by atoms with E-state index in [0.29, 0.717) is 34.6 Å². The van der Waals surface area contributed by atoms with Gasteiger partial charge in [-0.1, -0.05) is 6.07 Å². The third kappa shape index (κ3) is 5.21. The Bertz CT molecular complexity index is 1330. The number of ether oxygens (including phenoxy) is 2. The van der Waals surface area contributed by atoms with Gasteiger partial charge in [0.1, 0.15) is 23.8 Å². The standard InChI is InChI=1S/C25H22N6O3/c1-16-8-9-26-22(10-16)31-24-13-23(27-14-28-24)29-18-3-5-19(6-4-18)30-25(32)12-17-2-7-20-21(11-17)34-15-33-20/h2-11,13-14H,12,15H2,1H3,(H,30,32)(H2,26,27,28,29,31). The maximum Gasteiger partial charge on any atom is 0.231 e. The van der Waals surface area contributed by atoms with Gasteiger partial charge in [0.25, 0.3) is 0 Å². The third-order valence-corrected chi connectivity index (χ3v) is 5.08. The highest BCUT2D eigenvalue weighted by molar-refractivity contribution is 5.92. The first-order chi connectivity index (χ1) is 16.6. The van der Waals surface area contributed by atoms with E-state index in [4.69, 9.17) is 9.47 Å². The Morgan fingerprint density at radius 1 is 0.824 bits per heavy atom. The first-order valence-corrected chi connectivity index (χ1v) is 10.7. The molecule has 0 bridgehead atoms. The summed E-state index contributed by atoms with van der Waals surface area (Å²) in [6.07, 6.45) is 3.46. The molecule has 1 aliphatic rings. The van der Waals surface area contributed by atoms with E-state index in [-0.39, 0.29) is 19.1 Å². The number of aromatic nitrogens is 3. The normalized spacial score (nSPS) is 11.7. The number of rotatable bonds is 7. The van der Waals surface area contributed by atoms with E-state index in [1.54, 1.807) is 12.3 Å². The number of pyridine rings is 1. The summed E-state index contributed by atoms with van der Waals surface area (Å²) in [5, 5.41) is 9.32. The van der Waals surface area contributed by atoms with Gasteiger partial charge in [0, 0.05) is 23.6 Å². The van der Waals surface area contributed by atoms with Crippen LogP contribution in [0.1, 0.15) is 11.1 Å². The van der Waals surface area contributed by atoms with Crippen molar-refractivity contribution in [3.8, 4) is 11.5 Å². The first-order valence-electron chi connectivity index (χ1n) is 10.7. The molecule has 2 aromatic heterocycles. The number of nitrogens with zero attached hydrogens (tertiary/aromatic N) is 3. The van der Waals surface area contributed by atoms with Gasteiger partial charge in [-0.2, -0.15) is 0 Å². The van der Waals surface area contributed by atoms with Gasteiger partial charge in [-0.05, 0) is 66.6 Å². The quantitative estimate of drug-likeness (QED) is 0.372. The second-order valence-electron chi connectivity index (χ2n) is 7.75. The summed E-state index contributed by atoms with van der Waals surface area (Å²) in [6.45, 7) is 2.21. The number of hydrogen-bond acceptors (Lipinski definition) is 8. The fraction of sp³-hybridized carbons (Fsp3) is 0.120. The van der Waals surface area contributed by atoms with Crippen LogP contribution < -0.4 is 25.4 Å². The monoisotopic (exact) mass is 454 g/mol. The maximum atomic E-state index is 12.4. The maximum absolute atomic E-state index is 12.4. The molecule has 170 valence electrons. The van der Waals surface area contributed by atoms with Crippen molar-refractivity contribution in [2.45, 2.75) is 13.3 Å². The molecule has 3 heterocycles. The Balaban J connectivity index is 1.18. The minimum absolute atomic E-state index is 0.115. The lowest BCUT2D eigenvalue weighted by Crippen LogP contribution is -2.14. The number of carbonyl (C=O) groups is 1. The van der Waals surface area contributed by atoms with Crippen molar-refractivity contribution in [3.05, 3.63) is 84.3 Å². The zero-order valence-corrected chi connectivity index (χ0v) is 18.4. The van der Waals surface area contributed by atoms with E-state index in [1.165, 1.54) is 6.33 Å². The molecule has 0 spiro atoms. The zero-order chi connectivity index (χ0) is 23.3. The lowest BCUT2D eigenvalue weighted by Gasteiger charge is -2.10. The van der Waals surface area contributed by atoms with Crippen LogP contribution in [0.2, 0.25) is 0 Å². The van der Waals surface area contributed by atoms with Gasteiger partial charge in [0.2, 0.25) is 12.7 Å². The van der Waals surface area contributed by atoms with E-state index < -0.39 is 0 Å². The van der Waals surface area contributed by atoms with Crippen LogP contribution in [-0.4, -0.2) is 27.7 Å². The summed E-state index contributed by atoms with van der Waals surface area (Å²) < 4.78 is 10.7. The minimum Gasteiger partial charge on any atom is -0.454 e. The molecule has 0 unspecified atom stereocenters. The summed E-state index contributed by atoms with van der Waals surface area (Å²) in [6, 6.07) is 18.6. The van der Waals surface area contributed by atoms with Crippen molar-refractivity contribution >= 4 is 34.7 Å². The van der Waals surface area contributed by atoms with E-state index in [0.717, 1.165) is 16.8 Å². The second kappa shape index (κ2) is 9.45. The molecule has 0 saturated carbocycles. The molecule has 0 atom stereocenters. The van der Waals surface area contributed by atoms with Crippen molar-refractivity contribution in [1.29, 1.82) is 0 Å². The number of fused-ring (bicyclic) bond motifs is 1. The third-order valence-electron chi connectivity index (χ3n) is 5.08. The molecule has 3 N–H and O–H groups in total. The summed E-state index contributed by atoms with van der Waals surface area (Å²) in [5.41, 5.74) is 3.49. The van der Waals surface area contributed by atoms with Gasteiger partial charge >= 0.3 is 0 Å². The molecule has 4 aromatic rings. The van der Waals surface area contributed by atoms with Crippen LogP contribution in [0.25, 0.3) is 0 Å². The molecular formula is C25H22N6O3. The highest BCUT2D eigenvalue weighted by atomic mass is 16.7. The number of nitrogens with one attached hydrogen (secondary N) is 3. The van der Waals surface area contributed by atoms with Crippen molar-refractivity contribution in [2.75, 3.05) is 22.7 Å². The van der Waals surface area contributed by atoms with E-state index in [1.807, 2.05) is 61.5 Å². The average molecular weight is 454 g/mol. The largest absolute Gasteiger partial charge is 0.454 e. The number of anilines is 5. The molecule has 9 nitrogen and oxygen atoms in total. The Kier molecular flexibility index (Phi) is 5.89. The number of amides is 1. The van der Waals surface area contributed by atoms with Gasteiger partial charge in [0.15, 0.2) is 11.5 Å². The zero-order valence-electron chi connectivity index (χ0n) is 18.4. The molecule has 5 rings (SSSR count). The highest BCUT2D eigenvalue weighted by Crippen LogP contribution is 2.32. The molecule has 0 fully saturated rings. The summed E-state index contributed by atoms with van der Waals surface area (Å²) in [5.74, 6) is 3.22. The molecule has 0 saturated heterocycles. The number of benzene rings is 2. The summed E-state index contributed by atoms with van der Waals surface area (Å²) in [7, 11) is 0. The molecule has 0 aliphatic carbocycles. The lowest BCUT2D eigenvalue weighted by atomic mass is 10.1. The molecule has 0 radical (unpaired) electrons. The van der Waals surface area contributed by atoms with E-state index >= 15 is 0 Å². The van der Waals surface area contributed by atoms with Crippen LogP contribution in [0, 0.1) is 6.92 Å². The molecule has 1 amide bonds. The van der Waals surface area contributed by atoms with Crippen LogP contribution in [0.3, 0.4) is 0 Å². The van der Waals surface area contributed by atoms with Crippen molar-refractivity contribution in [3.63, 3.8) is 0 Å². The van der Waals surface area contributed by atoms with Crippen LogP contribution in [0.5, 0.6) is 11.5 Å². The van der Waals surface area contributed by atoms with Crippen molar-refractivity contribution in [2.24, 2.45) is 0 Å². The Morgan fingerprint density at radius 3 is 2.38 bits per heavy atom. The molecule has 34 heavy (non-hydrogen) atoms. The van der Waals surface area contributed by atoms with Crippen LogP contribution >= 0.6 is 0 Å². The molecule has 1 aliphatic heterocycles. The van der Waals surface area contributed by atoms with Gasteiger partial charge in [-0.15, -0.1) is 0 Å². The van der Waals surface area contributed by atoms with Gasteiger partial charge < -0.3 is 25.4 Å². The fourth-order valence-electron chi connectivity index (χ4n) is 3.46. The Labute approximate surface area is 196 Å². The highest BCUT2D eigenvalue weighted by Gasteiger charge is 2.14. The van der Waals surface area contributed by atoms with Crippen molar-refractivity contribution < 1.29 is 14.3 Å². The molecule has 9 heteroatoms. The second-order valence-corrected chi connectivity index (χ2v) is 7.75. The summed E-state index contributed by atoms with van der Waals surface area (Å²) in [4.78, 5) is 25.2. The number of hydrogen-bond donors (Lipinski definition) is 3. The Hall–Kier alpha value is -4.66. The average Bonchev–Trinajstić information content (AvgIpc) is 3.29. The van der Waals surface area contributed by atoms with Gasteiger partial charge in [-0.25, -0.2) is 15.0 Å². The van der Waals surface area contributed by atoms with E-state index in [9.17, 15) is 4.79 Å². The van der Waals surface area contributed by atoms with Gasteiger partial charge in [0.05, 0.1) is 6.42 Å². The van der Waals surface area contributed by atoms with Crippen molar-refractivity contribution in [1.82, 2.24) is 15.0 Å². The van der Waals surface area contributed by atoms with Crippen LogP contribution in [0.15, 0.2) is 73.2 Å². The van der Waals surface area contributed by atoms with E-state index in [2.05, 4.69) is 30.9 Å². The molecular weight excluding hydrogens is 432 g/mol.